The van der Waals surface area contributed by atoms with Gasteiger partial charge < -0.3 is 9.84 Å². The van der Waals surface area contributed by atoms with Crippen molar-refractivity contribution in [3.63, 3.8) is 0 Å². The molecule has 1 rings (SSSR count). The Bertz CT molecular complexity index is 267. The van der Waals surface area contributed by atoms with Gasteiger partial charge in [-0.25, -0.2) is 0 Å². The van der Waals surface area contributed by atoms with Crippen LogP contribution in [-0.2, 0) is 11.2 Å². The van der Waals surface area contributed by atoms with Gasteiger partial charge in [0.15, 0.2) is 5.79 Å². The van der Waals surface area contributed by atoms with E-state index in [1.165, 1.54) is 5.56 Å². The lowest BCUT2D eigenvalue weighted by atomic mass is 10.1. The standard InChI is InChI=1S/C13H20O2/c1-3-15-13(2,14)11-7-10-12-8-5-4-6-9-12/h4-6,8-9,14H,3,7,10-11H2,1-2H3. The molecule has 2 nitrogen and oxygen atoms in total. The van der Waals surface area contributed by atoms with Gasteiger partial charge in [0.1, 0.15) is 0 Å². The van der Waals surface area contributed by atoms with Crippen molar-refractivity contribution in [2.75, 3.05) is 6.61 Å². The molecule has 0 saturated heterocycles. The Morgan fingerprint density at radius 3 is 2.53 bits per heavy atom. The lowest BCUT2D eigenvalue weighted by Crippen LogP contribution is -2.28. The molecule has 0 saturated carbocycles. The maximum absolute atomic E-state index is 9.77. The highest BCUT2D eigenvalue weighted by Gasteiger charge is 2.18. The first-order valence-corrected chi connectivity index (χ1v) is 5.54. The van der Waals surface area contributed by atoms with Crippen molar-refractivity contribution in [1.29, 1.82) is 0 Å². The maximum Gasteiger partial charge on any atom is 0.162 e. The summed E-state index contributed by atoms with van der Waals surface area (Å²) >= 11 is 0. The molecule has 1 unspecified atom stereocenters. The molecule has 0 radical (unpaired) electrons. The fourth-order valence-electron chi connectivity index (χ4n) is 1.65. The largest absolute Gasteiger partial charge is 0.366 e. The fraction of sp³-hybridized carbons (Fsp3) is 0.538. The van der Waals surface area contributed by atoms with Crippen LogP contribution in [-0.4, -0.2) is 17.5 Å². The van der Waals surface area contributed by atoms with E-state index in [0.717, 1.165) is 12.8 Å². The second kappa shape index (κ2) is 5.89. The number of ether oxygens (including phenoxy) is 1. The molecule has 15 heavy (non-hydrogen) atoms. The van der Waals surface area contributed by atoms with Crippen LogP contribution in [0.15, 0.2) is 30.3 Å². The zero-order chi connectivity index (χ0) is 11.1. The third kappa shape index (κ3) is 4.96. The Morgan fingerprint density at radius 2 is 1.93 bits per heavy atom. The minimum absolute atomic E-state index is 0.554. The molecule has 0 spiro atoms. The van der Waals surface area contributed by atoms with Crippen molar-refractivity contribution in [1.82, 2.24) is 0 Å². The number of benzene rings is 1. The monoisotopic (exact) mass is 208 g/mol. The fourth-order valence-corrected chi connectivity index (χ4v) is 1.65. The molecule has 0 fully saturated rings. The third-order valence-electron chi connectivity index (χ3n) is 2.40. The Morgan fingerprint density at radius 1 is 1.27 bits per heavy atom. The van der Waals surface area contributed by atoms with Crippen LogP contribution in [0.4, 0.5) is 0 Å². The number of hydrogen-bond acceptors (Lipinski definition) is 2. The van der Waals surface area contributed by atoms with Crippen LogP contribution < -0.4 is 0 Å². The summed E-state index contributed by atoms with van der Waals surface area (Å²) in [6, 6.07) is 10.3. The van der Waals surface area contributed by atoms with Gasteiger partial charge in [0.05, 0.1) is 0 Å². The Kier molecular flexibility index (Phi) is 4.79. The van der Waals surface area contributed by atoms with E-state index in [1.807, 2.05) is 25.1 Å². The molecule has 0 heterocycles. The lowest BCUT2D eigenvalue weighted by Gasteiger charge is -2.22. The third-order valence-corrected chi connectivity index (χ3v) is 2.40. The van der Waals surface area contributed by atoms with E-state index in [-0.39, 0.29) is 0 Å². The Hall–Kier alpha value is -0.860. The molecule has 1 aromatic rings. The van der Waals surface area contributed by atoms with E-state index in [1.54, 1.807) is 6.92 Å². The van der Waals surface area contributed by atoms with Crippen molar-refractivity contribution < 1.29 is 9.84 Å². The van der Waals surface area contributed by atoms with E-state index in [0.29, 0.717) is 13.0 Å². The average Bonchev–Trinajstić information content (AvgIpc) is 2.19. The lowest BCUT2D eigenvalue weighted by molar-refractivity contribution is -0.191. The van der Waals surface area contributed by atoms with Crippen molar-refractivity contribution in [3.05, 3.63) is 35.9 Å². The highest BCUT2D eigenvalue weighted by atomic mass is 16.6. The first-order valence-electron chi connectivity index (χ1n) is 5.54. The van der Waals surface area contributed by atoms with E-state index < -0.39 is 5.79 Å². The van der Waals surface area contributed by atoms with Crippen LogP contribution >= 0.6 is 0 Å². The molecule has 0 aliphatic rings. The van der Waals surface area contributed by atoms with Crippen LogP contribution in [0.3, 0.4) is 0 Å². The van der Waals surface area contributed by atoms with Gasteiger partial charge in [-0.1, -0.05) is 30.3 Å². The Balaban J connectivity index is 2.27. The molecular weight excluding hydrogens is 188 g/mol. The second-order valence-electron chi connectivity index (χ2n) is 3.95. The van der Waals surface area contributed by atoms with Gasteiger partial charge in [0.2, 0.25) is 0 Å². The van der Waals surface area contributed by atoms with Crippen LogP contribution in [0.2, 0.25) is 0 Å². The number of aliphatic hydroxyl groups is 1. The summed E-state index contributed by atoms with van der Waals surface area (Å²) in [5.41, 5.74) is 1.31. The smallest absolute Gasteiger partial charge is 0.162 e. The zero-order valence-corrected chi connectivity index (χ0v) is 9.57. The molecule has 1 N–H and O–H groups in total. The summed E-state index contributed by atoms with van der Waals surface area (Å²) in [5, 5.41) is 9.77. The van der Waals surface area contributed by atoms with Gasteiger partial charge in [-0.15, -0.1) is 0 Å². The molecule has 0 bridgehead atoms. The van der Waals surface area contributed by atoms with Gasteiger partial charge in [-0.2, -0.15) is 0 Å². The van der Waals surface area contributed by atoms with Crippen LogP contribution in [0, 0.1) is 0 Å². The van der Waals surface area contributed by atoms with Gasteiger partial charge >= 0.3 is 0 Å². The van der Waals surface area contributed by atoms with Crippen LogP contribution in [0.1, 0.15) is 32.3 Å². The highest BCUT2D eigenvalue weighted by molar-refractivity contribution is 5.14. The van der Waals surface area contributed by atoms with Gasteiger partial charge in [0.25, 0.3) is 0 Å². The molecule has 1 atom stereocenters. The summed E-state index contributed by atoms with van der Waals surface area (Å²) < 4.78 is 5.22. The zero-order valence-electron chi connectivity index (χ0n) is 9.57. The summed E-state index contributed by atoms with van der Waals surface area (Å²) in [5.74, 6) is -0.969. The first-order chi connectivity index (χ1) is 7.14. The summed E-state index contributed by atoms with van der Waals surface area (Å²) in [6.45, 7) is 4.17. The quantitative estimate of drug-likeness (QED) is 0.728. The van der Waals surface area contributed by atoms with Crippen LogP contribution in [0.5, 0.6) is 0 Å². The van der Waals surface area contributed by atoms with Crippen molar-refractivity contribution in [2.45, 2.75) is 38.9 Å². The minimum atomic E-state index is -0.969. The Labute approximate surface area is 91.9 Å². The number of rotatable bonds is 6. The second-order valence-corrected chi connectivity index (χ2v) is 3.95. The average molecular weight is 208 g/mol. The topological polar surface area (TPSA) is 29.5 Å². The van der Waals surface area contributed by atoms with E-state index in [9.17, 15) is 5.11 Å². The minimum Gasteiger partial charge on any atom is -0.366 e. The predicted molar refractivity (Wildman–Crippen MR) is 61.6 cm³/mol. The first kappa shape index (κ1) is 12.2. The van der Waals surface area contributed by atoms with Crippen molar-refractivity contribution in [2.24, 2.45) is 0 Å². The normalized spacial score (nSPS) is 14.9. The summed E-state index contributed by atoms with van der Waals surface area (Å²) in [6.07, 6.45) is 2.61. The van der Waals surface area contributed by atoms with E-state index in [4.69, 9.17) is 4.74 Å². The van der Waals surface area contributed by atoms with E-state index >= 15 is 0 Å². The molecule has 0 amide bonds. The maximum atomic E-state index is 9.77. The molecule has 0 aliphatic heterocycles. The number of hydrogen-bond donors (Lipinski definition) is 1. The molecule has 0 aliphatic carbocycles. The van der Waals surface area contributed by atoms with Crippen molar-refractivity contribution in [3.8, 4) is 0 Å². The number of aryl methyl sites for hydroxylation is 1. The molecule has 1 aromatic carbocycles. The summed E-state index contributed by atoms with van der Waals surface area (Å²) in [4.78, 5) is 0. The van der Waals surface area contributed by atoms with E-state index in [2.05, 4.69) is 12.1 Å². The highest BCUT2D eigenvalue weighted by Crippen LogP contribution is 2.15. The van der Waals surface area contributed by atoms with Gasteiger partial charge in [-0.3, -0.25) is 0 Å². The summed E-state index contributed by atoms with van der Waals surface area (Å²) in [7, 11) is 0. The molecule has 84 valence electrons. The van der Waals surface area contributed by atoms with Crippen LogP contribution in [0.25, 0.3) is 0 Å². The van der Waals surface area contributed by atoms with Crippen molar-refractivity contribution >= 4 is 0 Å². The van der Waals surface area contributed by atoms with Gasteiger partial charge in [-0.05, 0) is 32.3 Å². The van der Waals surface area contributed by atoms with Gasteiger partial charge in [0, 0.05) is 13.0 Å². The predicted octanol–water partition coefficient (Wildman–Crippen LogP) is 2.75. The SMILES string of the molecule is CCOC(C)(O)CCCc1ccccc1. The molecular formula is C13H20O2. The molecule has 2 heteroatoms. The molecule has 0 aromatic heterocycles.